The van der Waals surface area contributed by atoms with Gasteiger partial charge < -0.3 is 5.73 Å². The van der Waals surface area contributed by atoms with E-state index in [4.69, 9.17) is 5.73 Å². The average Bonchev–Trinajstić information content (AvgIpc) is 2.09. The smallest absolute Gasteiger partial charge is 0.148 e. The second kappa shape index (κ2) is 3.85. The summed E-state index contributed by atoms with van der Waals surface area (Å²) in [6, 6.07) is 6.31. The summed E-state index contributed by atoms with van der Waals surface area (Å²) in [5.41, 5.74) is 5.76. The standard InChI is InChI=1S/C9H11FN2/c1-2-9(11)12-8-6-4-3-5-7(8)10/h3-6H,2H2,1H3,(H2,11,12). The van der Waals surface area contributed by atoms with E-state index < -0.39 is 0 Å². The third kappa shape index (κ3) is 2.05. The number of amidine groups is 1. The van der Waals surface area contributed by atoms with Gasteiger partial charge in [-0.1, -0.05) is 19.1 Å². The van der Waals surface area contributed by atoms with Gasteiger partial charge in [0.2, 0.25) is 0 Å². The molecular weight excluding hydrogens is 155 g/mol. The van der Waals surface area contributed by atoms with Crippen LogP contribution >= 0.6 is 0 Å². The first-order chi connectivity index (χ1) is 5.74. The summed E-state index contributed by atoms with van der Waals surface area (Å²) in [6.07, 6.45) is 0.633. The lowest BCUT2D eigenvalue weighted by molar-refractivity contribution is 0.630. The van der Waals surface area contributed by atoms with Crippen molar-refractivity contribution in [3.8, 4) is 0 Å². The van der Waals surface area contributed by atoms with Gasteiger partial charge in [-0.2, -0.15) is 0 Å². The van der Waals surface area contributed by atoms with E-state index in [1.165, 1.54) is 6.07 Å². The van der Waals surface area contributed by atoms with Crippen molar-refractivity contribution in [3.05, 3.63) is 30.1 Å². The zero-order valence-corrected chi connectivity index (χ0v) is 6.92. The highest BCUT2D eigenvalue weighted by Gasteiger charge is 1.97. The van der Waals surface area contributed by atoms with Crippen LogP contribution < -0.4 is 5.73 Å². The lowest BCUT2D eigenvalue weighted by atomic mass is 10.3. The SMILES string of the molecule is CCC(N)=Nc1ccccc1F. The molecule has 0 fully saturated rings. The van der Waals surface area contributed by atoms with Crippen LogP contribution in [0.2, 0.25) is 0 Å². The van der Waals surface area contributed by atoms with Gasteiger partial charge in [-0.15, -0.1) is 0 Å². The van der Waals surface area contributed by atoms with Gasteiger partial charge in [-0.05, 0) is 12.1 Å². The van der Waals surface area contributed by atoms with Crippen molar-refractivity contribution in [3.63, 3.8) is 0 Å². The maximum absolute atomic E-state index is 12.9. The molecule has 2 N–H and O–H groups in total. The minimum Gasteiger partial charge on any atom is -0.387 e. The fourth-order valence-corrected chi connectivity index (χ4v) is 0.776. The van der Waals surface area contributed by atoms with E-state index in [1.807, 2.05) is 6.92 Å². The summed E-state index contributed by atoms with van der Waals surface area (Å²) in [7, 11) is 0. The van der Waals surface area contributed by atoms with Gasteiger partial charge in [0.25, 0.3) is 0 Å². The van der Waals surface area contributed by atoms with Crippen molar-refractivity contribution in [2.45, 2.75) is 13.3 Å². The van der Waals surface area contributed by atoms with E-state index in [1.54, 1.807) is 18.2 Å². The molecule has 0 heterocycles. The number of hydrogen-bond donors (Lipinski definition) is 1. The topological polar surface area (TPSA) is 38.4 Å². The zero-order chi connectivity index (χ0) is 8.97. The average molecular weight is 166 g/mol. The molecule has 1 rings (SSSR count). The number of rotatable bonds is 2. The number of nitrogens with two attached hydrogens (primary N) is 1. The van der Waals surface area contributed by atoms with E-state index in [0.717, 1.165) is 0 Å². The molecule has 0 saturated heterocycles. The van der Waals surface area contributed by atoms with Crippen LogP contribution in [0.1, 0.15) is 13.3 Å². The molecule has 0 aliphatic carbocycles. The molecule has 0 atom stereocenters. The fraction of sp³-hybridized carbons (Fsp3) is 0.222. The summed E-state index contributed by atoms with van der Waals surface area (Å²) in [5, 5.41) is 0. The van der Waals surface area contributed by atoms with Crippen LogP contribution in [-0.2, 0) is 0 Å². The molecule has 64 valence electrons. The molecular formula is C9H11FN2. The molecule has 12 heavy (non-hydrogen) atoms. The Balaban J connectivity index is 2.96. The molecule has 0 radical (unpaired) electrons. The van der Waals surface area contributed by atoms with Crippen molar-refractivity contribution in [2.75, 3.05) is 0 Å². The first-order valence-corrected chi connectivity index (χ1v) is 3.81. The predicted octanol–water partition coefficient (Wildman–Crippen LogP) is 2.22. The van der Waals surface area contributed by atoms with Crippen LogP contribution in [0.3, 0.4) is 0 Å². The lowest BCUT2D eigenvalue weighted by Gasteiger charge is -1.97. The van der Waals surface area contributed by atoms with Gasteiger partial charge >= 0.3 is 0 Å². The van der Waals surface area contributed by atoms with E-state index in [9.17, 15) is 4.39 Å². The van der Waals surface area contributed by atoms with Crippen LogP contribution in [-0.4, -0.2) is 5.84 Å². The molecule has 0 bridgehead atoms. The molecule has 0 saturated carbocycles. The van der Waals surface area contributed by atoms with Crippen molar-refractivity contribution in [1.29, 1.82) is 0 Å². The highest BCUT2D eigenvalue weighted by Crippen LogP contribution is 2.15. The van der Waals surface area contributed by atoms with Crippen LogP contribution in [0.15, 0.2) is 29.3 Å². The van der Waals surface area contributed by atoms with Gasteiger partial charge in [-0.25, -0.2) is 9.38 Å². The number of hydrogen-bond acceptors (Lipinski definition) is 1. The minimum atomic E-state index is -0.339. The molecule has 1 aromatic carbocycles. The van der Waals surface area contributed by atoms with Crippen molar-refractivity contribution in [2.24, 2.45) is 10.7 Å². The maximum atomic E-state index is 12.9. The second-order valence-corrected chi connectivity index (χ2v) is 2.41. The minimum absolute atomic E-state index is 0.303. The Morgan fingerprint density at radius 3 is 2.75 bits per heavy atom. The van der Waals surface area contributed by atoms with Crippen molar-refractivity contribution < 1.29 is 4.39 Å². The quantitative estimate of drug-likeness (QED) is 0.531. The zero-order valence-electron chi connectivity index (χ0n) is 6.92. The second-order valence-electron chi connectivity index (χ2n) is 2.41. The summed E-state index contributed by atoms with van der Waals surface area (Å²) in [4.78, 5) is 3.90. The van der Waals surface area contributed by atoms with Gasteiger partial charge in [0.1, 0.15) is 11.5 Å². The number of halogens is 1. The Labute approximate surface area is 70.9 Å². The third-order valence-corrected chi connectivity index (χ3v) is 1.48. The van der Waals surface area contributed by atoms with E-state index >= 15 is 0 Å². The van der Waals surface area contributed by atoms with Crippen LogP contribution in [0.4, 0.5) is 10.1 Å². The molecule has 0 unspecified atom stereocenters. The molecule has 0 aliphatic heterocycles. The summed E-state index contributed by atoms with van der Waals surface area (Å²) in [5.74, 6) is 0.106. The van der Waals surface area contributed by atoms with E-state index in [-0.39, 0.29) is 5.82 Å². The Kier molecular flexibility index (Phi) is 2.80. The number of para-hydroxylation sites is 1. The Hall–Kier alpha value is -1.38. The number of aliphatic imine (C=N–C) groups is 1. The molecule has 0 spiro atoms. The summed E-state index contributed by atoms with van der Waals surface area (Å²) in [6.45, 7) is 1.87. The summed E-state index contributed by atoms with van der Waals surface area (Å²) >= 11 is 0. The Bertz CT molecular complexity index is 294. The largest absolute Gasteiger partial charge is 0.387 e. The van der Waals surface area contributed by atoms with Gasteiger partial charge in [0, 0.05) is 6.42 Å². The normalized spacial score (nSPS) is 11.7. The Morgan fingerprint density at radius 1 is 1.50 bits per heavy atom. The van der Waals surface area contributed by atoms with E-state index in [2.05, 4.69) is 4.99 Å². The highest BCUT2D eigenvalue weighted by molar-refractivity contribution is 5.82. The van der Waals surface area contributed by atoms with Crippen LogP contribution in [0.25, 0.3) is 0 Å². The molecule has 0 amide bonds. The lowest BCUT2D eigenvalue weighted by Crippen LogP contribution is -2.08. The van der Waals surface area contributed by atoms with Crippen molar-refractivity contribution >= 4 is 11.5 Å². The molecule has 3 heteroatoms. The van der Waals surface area contributed by atoms with Crippen LogP contribution in [0.5, 0.6) is 0 Å². The number of benzene rings is 1. The molecule has 0 aliphatic rings. The van der Waals surface area contributed by atoms with Crippen LogP contribution in [0, 0.1) is 5.82 Å². The number of nitrogens with zero attached hydrogens (tertiary/aromatic N) is 1. The molecule has 1 aromatic rings. The molecule has 2 nitrogen and oxygen atoms in total. The molecule has 0 aromatic heterocycles. The third-order valence-electron chi connectivity index (χ3n) is 1.48. The monoisotopic (exact) mass is 166 g/mol. The first-order valence-electron chi connectivity index (χ1n) is 3.81. The highest BCUT2D eigenvalue weighted by atomic mass is 19.1. The van der Waals surface area contributed by atoms with E-state index in [0.29, 0.717) is 17.9 Å². The van der Waals surface area contributed by atoms with Gasteiger partial charge in [-0.3, -0.25) is 0 Å². The Morgan fingerprint density at radius 2 is 2.17 bits per heavy atom. The van der Waals surface area contributed by atoms with Crippen molar-refractivity contribution in [1.82, 2.24) is 0 Å². The summed E-state index contributed by atoms with van der Waals surface area (Å²) < 4.78 is 12.9. The van der Waals surface area contributed by atoms with Gasteiger partial charge in [0.05, 0.1) is 5.84 Å². The fourth-order valence-electron chi connectivity index (χ4n) is 0.776. The first kappa shape index (κ1) is 8.71. The maximum Gasteiger partial charge on any atom is 0.148 e. The predicted molar refractivity (Wildman–Crippen MR) is 48.0 cm³/mol. The van der Waals surface area contributed by atoms with Gasteiger partial charge in [0.15, 0.2) is 0 Å².